The molecule has 0 radical (unpaired) electrons. The van der Waals surface area contributed by atoms with Crippen molar-refractivity contribution in [3.05, 3.63) is 39.4 Å². The van der Waals surface area contributed by atoms with Gasteiger partial charge in [0.2, 0.25) is 5.82 Å². The van der Waals surface area contributed by atoms with Gasteiger partial charge < -0.3 is 14.9 Å². The van der Waals surface area contributed by atoms with Crippen molar-refractivity contribution in [1.82, 2.24) is 0 Å². The van der Waals surface area contributed by atoms with Gasteiger partial charge in [-0.3, -0.25) is 10.1 Å². The first kappa shape index (κ1) is 14.9. The molecule has 2 atom stereocenters. The molecule has 0 bridgehead atoms. The molecule has 1 aromatic rings. The summed E-state index contributed by atoms with van der Waals surface area (Å²) in [7, 11) is 0.902. The van der Waals surface area contributed by atoms with E-state index in [1.807, 2.05) is 0 Å². The molecule has 1 aromatic carbocycles. The van der Waals surface area contributed by atoms with Crippen LogP contribution in [-0.4, -0.2) is 34.3 Å². The van der Waals surface area contributed by atoms with E-state index in [2.05, 4.69) is 4.74 Å². The third kappa shape index (κ3) is 3.01. The van der Waals surface area contributed by atoms with Gasteiger partial charge in [-0.25, -0.2) is 9.18 Å². The molecule has 0 aliphatic heterocycles. The number of hydrogen-bond donors (Lipinski definition) is 2. The van der Waals surface area contributed by atoms with E-state index in [1.165, 1.54) is 0 Å². The number of benzene rings is 1. The minimum absolute atomic E-state index is 0.249. The molecule has 0 aliphatic rings. The molecular formula is C10H9F2NO6. The molecule has 1 rings (SSSR count). The number of carbonyl (C=O) groups is 1. The fourth-order valence-corrected chi connectivity index (χ4v) is 1.42. The van der Waals surface area contributed by atoms with E-state index >= 15 is 0 Å². The Morgan fingerprint density at radius 1 is 1.42 bits per heavy atom. The summed E-state index contributed by atoms with van der Waals surface area (Å²) in [5, 5.41) is 29.6. The van der Waals surface area contributed by atoms with Gasteiger partial charge in [0, 0.05) is 6.07 Å². The Balaban J connectivity index is 3.32. The van der Waals surface area contributed by atoms with Gasteiger partial charge >= 0.3 is 11.7 Å². The first-order valence-electron chi connectivity index (χ1n) is 4.86. The van der Waals surface area contributed by atoms with Crippen LogP contribution < -0.4 is 0 Å². The highest BCUT2D eigenvalue weighted by atomic mass is 19.1. The van der Waals surface area contributed by atoms with E-state index in [4.69, 9.17) is 0 Å². The molecule has 7 nitrogen and oxygen atoms in total. The van der Waals surface area contributed by atoms with Crippen molar-refractivity contribution in [2.24, 2.45) is 0 Å². The van der Waals surface area contributed by atoms with Crippen LogP contribution in [0.3, 0.4) is 0 Å². The highest BCUT2D eigenvalue weighted by molar-refractivity contribution is 5.75. The molecule has 19 heavy (non-hydrogen) atoms. The Labute approximate surface area is 105 Å². The van der Waals surface area contributed by atoms with Crippen LogP contribution in [0.25, 0.3) is 0 Å². The number of hydrogen-bond acceptors (Lipinski definition) is 6. The quantitative estimate of drug-likeness (QED) is 0.469. The van der Waals surface area contributed by atoms with Crippen LogP contribution >= 0.6 is 0 Å². The van der Waals surface area contributed by atoms with Crippen LogP contribution in [-0.2, 0) is 9.53 Å². The number of aliphatic hydroxyl groups excluding tert-OH is 2. The van der Waals surface area contributed by atoms with Crippen LogP contribution in [0, 0.1) is 21.7 Å². The second-order valence-electron chi connectivity index (χ2n) is 3.50. The van der Waals surface area contributed by atoms with Gasteiger partial charge in [-0.1, -0.05) is 0 Å². The van der Waals surface area contributed by atoms with Crippen molar-refractivity contribution in [3.8, 4) is 0 Å². The minimum atomic E-state index is -2.20. The lowest BCUT2D eigenvalue weighted by Gasteiger charge is -2.16. The molecule has 104 valence electrons. The Morgan fingerprint density at radius 2 is 2.00 bits per heavy atom. The van der Waals surface area contributed by atoms with Crippen molar-refractivity contribution in [3.63, 3.8) is 0 Å². The van der Waals surface area contributed by atoms with Crippen molar-refractivity contribution in [2.75, 3.05) is 7.11 Å². The fourth-order valence-electron chi connectivity index (χ4n) is 1.42. The lowest BCUT2D eigenvalue weighted by Crippen LogP contribution is -2.29. The zero-order chi connectivity index (χ0) is 14.7. The molecule has 0 saturated heterocycles. The number of aliphatic hydroxyl groups is 2. The highest BCUT2D eigenvalue weighted by Crippen LogP contribution is 2.31. The molecule has 0 aliphatic carbocycles. The van der Waals surface area contributed by atoms with Gasteiger partial charge in [0.1, 0.15) is 11.9 Å². The lowest BCUT2D eigenvalue weighted by atomic mass is 10.0. The Kier molecular flexibility index (Phi) is 4.46. The maximum Gasteiger partial charge on any atom is 0.337 e. The molecule has 2 N–H and O–H groups in total. The van der Waals surface area contributed by atoms with Crippen LogP contribution in [0.5, 0.6) is 0 Å². The van der Waals surface area contributed by atoms with Crippen LogP contribution in [0.4, 0.5) is 14.5 Å². The van der Waals surface area contributed by atoms with Crippen molar-refractivity contribution < 1.29 is 33.4 Å². The Bertz CT molecular complexity index is 521. The normalized spacial score (nSPS) is 13.7. The number of methoxy groups -OCH3 is 1. The number of nitrogens with zero attached hydrogens (tertiary/aromatic N) is 1. The summed E-state index contributed by atoms with van der Waals surface area (Å²) in [5.41, 5.74) is -2.09. The molecule has 2 unspecified atom stereocenters. The van der Waals surface area contributed by atoms with Gasteiger partial charge in [0.25, 0.3) is 0 Å². The van der Waals surface area contributed by atoms with E-state index < -0.39 is 46.0 Å². The number of esters is 1. The van der Waals surface area contributed by atoms with Crippen molar-refractivity contribution in [1.29, 1.82) is 0 Å². The van der Waals surface area contributed by atoms with E-state index in [1.54, 1.807) is 0 Å². The van der Waals surface area contributed by atoms with Gasteiger partial charge in [-0.05, 0) is 6.07 Å². The molecule has 0 aromatic heterocycles. The Morgan fingerprint density at radius 3 is 2.47 bits per heavy atom. The maximum atomic E-state index is 13.3. The van der Waals surface area contributed by atoms with E-state index in [-0.39, 0.29) is 6.07 Å². The topological polar surface area (TPSA) is 110 Å². The highest BCUT2D eigenvalue weighted by Gasteiger charge is 2.34. The summed E-state index contributed by atoms with van der Waals surface area (Å²) in [5.74, 6) is -4.03. The molecule has 0 fully saturated rings. The molecule has 0 heterocycles. The predicted octanol–water partition coefficient (Wildman–Crippen LogP) is 0.440. The first-order chi connectivity index (χ1) is 8.79. The first-order valence-corrected chi connectivity index (χ1v) is 4.86. The predicted molar refractivity (Wildman–Crippen MR) is 56.0 cm³/mol. The average molecular weight is 277 g/mol. The van der Waals surface area contributed by atoms with Crippen LogP contribution in [0.2, 0.25) is 0 Å². The number of carbonyl (C=O) groups excluding carboxylic acids is 1. The van der Waals surface area contributed by atoms with Gasteiger partial charge in [-0.2, -0.15) is 4.39 Å². The van der Waals surface area contributed by atoms with Gasteiger partial charge in [0.15, 0.2) is 6.10 Å². The monoisotopic (exact) mass is 277 g/mol. The minimum Gasteiger partial charge on any atom is -0.467 e. The summed E-state index contributed by atoms with van der Waals surface area (Å²) in [6.45, 7) is 0. The zero-order valence-electron chi connectivity index (χ0n) is 9.54. The molecule has 0 saturated carbocycles. The Hall–Kier alpha value is -2.13. The second kappa shape index (κ2) is 5.67. The number of ether oxygens (including phenoxy) is 1. The molecular weight excluding hydrogens is 268 g/mol. The summed E-state index contributed by atoms with van der Waals surface area (Å²) in [6.07, 6.45) is -4.40. The van der Waals surface area contributed by atoms with Gasteiger partial charge in [-0.15, -0.1) is 0 Å². The molecule has 0 spiro atoms. The summed E-state index contributed by atoms with van der Waals surface area (Å²) in [4.78, 5) is 20.4. The van der Waals surface area contributed by atoms with Gasteiger partial charge in [0.05, 0.1) is 17.6 Å². The number of halogens is 2. The molecule has 0 amide bonds. The molecule has 9 heteroatoms. The van der Waals surface area contributed by atoms with E-state index in [9.17, 15) is 33.9 Å². The second-order valence-corrected chi connectivity index (χ2v) is 3.50. The van der Waals surface area contributed by atoms with Crippen molar-refractivity contribution in [2.45, 2.75) is 12.2 Å². The third-order valence-corrected chi connectivity index (χ3v) is 2.30. The number of nitro benzene ring substituents is 1. The maximum absolute atomic E-state index is 13.3. The summed E-state index contributed by atoms with van der Waals surface area (Å²) < 4.78 is 30.4. The average Bonchev–Trinajstić information content (AvgIpc) is 2.34. The SMILES string of the molecule is COC(=O)C(O)C(O)c1cc(F)cc(F)c1[N+](=O)[O-]. The largest absolute Gasteiger partial charge is 0.467 e. The van der Waals surface area contributed by atoms with E-state index in [0.717, 1.165) is 7.11 Å². The smallest absolute Gasteiger partial charge is 0.337 e. The van der Waals surface area contributed by atoms with E-state index in [0.29, 0.717) is 6.07 Å². The number of rotatable bonds is 4. The number of nitro groups is 1. The third-order valence-electron chi connectivity index (χ3n) is 2.30. The van der Waals surface area contributed by atoms with Crippen LogP contribution in [0.1, 0.15) is 11.7 Å². The standard InChI is InChI=1S/C10H9F2NO6/c1-19-10(16)9(15)8(14)5-2-4(11)3-6(12)7(5)13(17)18/h2-3,8-9,14-15H,1H3. The zero-order valence-corrected chi connectivity index (χ0v) is 9.54. The van der Waals surface area contributed by atoms with Crippen molar-refractivity contribution >= 4 is 11.7 Å². The summed E-state index contributed by atoms with van der Waals surface area (Å²) >= 11 is 0. The lowest BCUT2D eigenvalue weighted by molar-refractivity contribution is -0.389. The fraction of sp³-hybridized carbons (Fsp3) is 0.300. The summed E-state index contributed by atoms with van der Waals surface area (Å²) in [6, 6.07) is 0.705. The van der Waals surface area contributed by atoms with Crippen LogP contribution in [0.15, 0.2) is 12.1 Å².